The Kier molecular flexibility index (Phi) is 9.84. The van der Waals surface area contributed by atoms with E-state index < -0.39 is 6.10 Å². The minimum absolute atomic E-state index is 0.105. The third-order valence-electron chi connectivity index (χ3n) is 5.58. The van der Waals surface area contributed by atoms with Crippen LogP contribution in [-0.4, -0.2) is 80.3 Å². The number of benzene rings is 1. The summed E-state index contributed by atoms with van der Waals surface area (Å²) in [5.74, 6) is 1.01. The lowest BCUT2D eigenvalue weighted by Gasteiger charge is -2.35. The summed E-state index contributed by atoms with van der Waals surface area (Å²) < 4.78 is 30.3. The molecule has 2 aliphatic rings. The molecular formula is C23H36FN3O4. The lowest BCUT2D eigenvalue weighted by Crippen LogP contribution is -2.47. The summed E-state index contributed by atoms with van der Waals surface area (Å²) in [4.78, 5) is 6.80. The third kappa shape index (κ3) is 8.27. The molecule has 2 atom stereocenters. The predicted molar refractivity (Wildman–Crippen MR) is 118 cm³/mol. The molecule has 0 amide bonds. The van der Waals surface area contributed by atoms with Crippen molar-refractivity contribution in [3.8, 4) is 5.75 Å². The molecule has 0 aliphatic carbocycles. The van der Waals surface area contributed by atoms with Gasteiger partial charge in [-0.15, -0.1) is 0 Å². The molecule has 8 heteroatoms. The Hall–Kier alpha value is -1.90. The first-order valence-electron chi connectivity index (χ1n) is 11.5. The average molecular weight is 438 g/mol. The molecule has 0 aromatic heterocycles. The van der Waals surface area contributed by atoms with Crippen LogP contribution in [0.4, 0.5) is 4.39 Å². The van der Waals surface area contributed by atoms with Gasteiger partial charge in [0, 0.05) is 26.2 Å². The van der Waals surface area contributed by atoms with Gasteiger partial charge in [0.15, 0.2) is 5.96 Å². The van der Waals surface area contributed by atoms with Gasteiger partial charge in [-0.2, -0.15) is 0 Å². The molecule has 31 heavy (non-hydrogen) atoms. The number of aliphatic hydroxyl groups excluding tert-OH is 1. The number of aliphatic hydroxyl groups is 1. The number of likely N-dealkylation sites (tertiary alicyclic amines) is 1. The fourth-order valence-electron chi connectivity index (χ4n) is 3.81. The van der Waals surface area contributed by atoms with Gasteiger partial charge in [-0.25, -0.2) is 4.39 Å². The Labute approximate surface area is 184 Å². The van der Waals surface area contributed by atoms with Crippen LogP contribution in [0.3, 0.4) is 0 Å². The molecule has 1 aromatic rings. The summed E-state index contributed by atoms with van der Waals surface area (Å²) in [5.41, 5.74) is 0. The molecule has 2 N–H and O–H groups in total. The van der Waals surface area contributed by atoms with E-state index in [1.807, 2.05) is 6.92 Å². The van der Waals surface area contributed by atoms with E-state index in [1.54, 1.807) is 12.1 Å². The van der Waals surface area contributed by atoms with Gasteiger partial charge in [0.2, 0.25) is 0 Å². The monoisotopic (exact) mass is 437 g/mol. The van der Waals surface area contributed by atoms with E-state index in [4.69, 9.17) is 14.2 Å². The van der Waals surface area contributed by atoms with Crippen LogP contribution in [0.25, 0.3) is 0 Å². The summed E-state index contributed by atoms with van der Waals surface area (Å²) in [5, 5.41) is 13.5. The highest BCUT2D eigenvalue weighted by Crippen LogP contribution is 2.18. The Morgan fingerprint density at radius 1 is 1.26 bits per heavy atom. The second-order valence-corrected chi connectivity index (χ2v) is 8.12. The molecule has 2 unspecified atom stereocenters. The van der Waals surface area contributed by atoms with Crippen LogP contribution in [0.5, 0.6) is 5.75 Å². The number of hydrogen-bond donors (Lipinski definition) is 2. The number of nitrogens with one attached hydrogen (secondary N) is 1. The summed E-state index contributed by atoms with van der Waals surface area (Å²) in [6, 6.07) is 5.75. The van der Waals surface area contributed by atoms with Gasteiger partial charge in [0.25, 0.3) is 0 Å². The van der Waals surface area contributed by atoms with E-state index in [-0.39, 0.29) is 31.2 Å². The largest absolute Gasteiger partial charge is 0.491 e. The Morgan fingerprint density at radius 2 is 2.03 bits per heavy atom. The van der Waals surface area contributed by atoms with Crippen LogP contribution in [-0.2, 0) is 9.47 Å². The molecule has 1 aromatic carbocycles. The van der Waals surface area contributed by atoms with Crippen LogP contribution in [0.1, 0.15) is 39.0 Å². The van der Waals surface area contributed by atoms with Crippen molar-refractivity contribution in [3.05, 3.63) is 30.1 Å². The number of aliphatic imine (C=N–C) groups is 1. The van der Waals surface area contributed by atoms with E-state index in [0.717, 1.165) is 57.9 Å². The minimum Gasteiger partial charge on any atom is -0.491 e. The van der Waals surface area contributed by atoms with Crippen molar-refractivity contribution < 1.29 is 23.7 Å². The Balaban J connectivity index is 1.39. The Bertz CT molecular complexity index is 659. The molecule has 3 rings (SSSR count). The fourth-order valence-corrected chi connectivity index (χ4v) is 3.81. The van der Waals surface area contributed by atoms with Crippen LogP contribution in [0.15, 0.2) is 29.3 Å². The number of hydrogen-bond acceptors (Lipinski definition) is 5. The van der Waals surface area contributed by atoms with Crippen molar-refractivity contribution in [2.75, 3.05) is 46.0 Å². The van der Waals surface area contributed by atoms with Crippen molar-refractivity contribution in [1.82, 2.24) is 10.2 Å². The zero-order chi connectivity index (χ0) is 21.9. The lowest BCUT2D eigenvalue weighted by molar-refractivity contribution is -0.0721. The molecule has 2 heterocycles. The highest BCUT2D eigenvalue weighted by atomic mass is 19.1. The van der Waals surface area contributed by atoms with E-state index in [1.165, 1.54) is 18.6 Å². The number of piperidine rings is 1. The van der Waals surface area contributed by atoms with Crippen molar-refractivity contribution in [2.24, 2.45) is 4.99 Å². The number of nitrogens with zero attached hydrogens (tertiary/aromatic N) is 2. The standard InChI is InChI=1S/C23H36FN3O4/c1-2-25-23(26-15-19(28)16-30-20-8-6-18(24)7-9-20)27-12-10-21(11-13-27)31-17-22-5-3-4-14-29-22/h6-9,19,21-22,28H,2-5,10-17H2,1H3,(H,25,26). The summed E-state index contributed by atoms with van der Waals surface area (Å²) in [6.45, 7) is 6.41. The summed E-state index contributed by atoms with van der Waals surface area (Å²) in [6.07, 6.45) is 5.17. The first kappa shape index (κ1) is 23.8. The quantitative estimate of drug-likeness (QED) is 0.457. The first-order valence-corrected chi connectivity index (χ1v) is 11.5. The van der Waals surface area contributed by atoms with Crippen LogP contribution in [0, 0.1) is 5.82 Å². The molecule has 2 saturated heterocycles. The van der Waals surface area contributed by atoms with Crippen LogP contribution >= 0.6 is 0 Å². The molecule has 7 nitrogen and oxygen atoms in total. The highest BCUT2D eigenvalue weighted by Gasteiger charge is 2.24. The SMILES string of the molecule is CCNC(=NCC(O)COc1ccc(F)cc1)N1CCC(OCC2CCCCO2)CC1. The lowest BCUT2D eigenvalue weighted by atomic mass is 10.1. The van der Waals surface area contributed by atoms with Gasteiger partial charge in [-0.05, 0) is 63.3 Å². The summed E-state index contributed by atoms with van der Waals surface area (Å²) in [7, 11) is 0. The molecule has 0 radical (unpaired) electrons. The van der Waals surface area contributed by atoms with Gasteiger partial charge in [0.1, 0.15) is 24.3 Å². The fraction of sp³-hybridized carbons (Fsp3) is 0.696. The molecule has 0 bridgehead atoms. The van der Waals surface area contributed by atoms with Crippen molar-refractivity contribution in [3.63, 3.8) is 0 Å². The van der Waals surface area contributed by atoms with E-state index in [0.29, 0.717) is 12.4 Å². The van der Waals surface area contributed by atoms with E-state index in [2.05, 4.69) is 15.2 Å². The van der Waals surface area contributed by atoms with E-state index >= 15 is 0 Å². The summed E-state index contributed by atoms with van der Waals surface area (Å²) >= 11 is 0. The van der Waals surface area contributed by atoms with Gasteiger partial charge in [-0.1, -0.05) is 0 Å². The highest BCUT2D eigenvalue weighted by molar-refractivity contribution is 5.80. The normalized spacial score (nSPS) is 21.7. The maximum atomic E-state index is 12.9. The topological polar surface area (TPSA) is 75.6 Å². The molecule has 0 spiro atoms. The number of guanidine groups is 1. The minimum atomic E-state index is -0.741. The first-order chi connectivity index (χ1) is 15.1. The zero-order valence-corrected chi connectivity index (χ0v) is 18.5. The average Bonchev–Trinajstić information content (AvgIpc) is 2.81. The third-order valence-corrected chi connectivity index (χ3v) is 5.58. The zero-order valence-electron chi connectivity index (χ0n) is 18.5. The second-order valence-electron chi connectivity index (χ2n) is 8.12. The van der Waals surface area contributed by atoms with Gasteiger partial charge >= 0.3 is 0 Å². The molecule has 0 saturated carbocycles. The van der Waals surface area contributed by atoms with E-state index in [9.17, 15) is 9.50 Å². The van der Waals surface area contributed by atoms with Crippen molar-refractivity contribution in [1.29, 1.82) is 0 Å². The molecular weight excluding hydrogens is 401 g/mol. The van der Waals surface area contributed by atoms with Crippen LogP contribution in [0.2, 0.25) is 0 Å². The van der Waals surface area contributed by atoms with Gasteiger partial charge in [-0.3, -0.25) is 4.99 Å². The van der Waals surface area contributed by atoms with Gasteiger partial charge < -0.3 is 29.5 Å². The second kappa shape index (κ2) is 12.8. The predicted octanol–water partition coefficient (Wildman–Crippen LogP) is 2.58. The maximum Gasteiger partial charge on any atom is 0.194 e. The van der Waals surface area contributed by atoms with Crippen molar-refractivity contribution in [2.45, 2.75) is 57.3 Å². The molecule has 2 aliphatic heterocycles. The Morgan fingerprint density at radius 3 is 2.71 bits per heavy atom. The molecule has 2 fully saturated rings. The molecule has 174 valence electrons. The van der Waals surface area contributed by atoms with Crippen LogP contribution < -0.4 is 10.1 Å². The maximum absolute atomic E-state index is 12.9. The van der Waals surface area contributed by atoms with Crippen molar-refractivity contribution >= 4 is 5.96 Å². The van der Waals surface area contributed by atoms with Gasteiger partial charge in [0.05, 0.1) is 25.4 Å². The number of rotatable bonds is 9. The number of halogens is 1. The number of ether oxygens (including phenoxy) is 3. The smallest absolute Gasteiger partial charge is 0.194 e.